The summed E-state index contributed by atoms with van der Waals surface area (Å²) < 4.78 is 0. The van der Waals surface area contributed by atoms with Crippen molar-refractivity contribution in [1.29, 1.82) is 0 Å². The SMILES string of the molecule is CC(O)C1CCCN(C(=O)NCC(C)(C)c2cccs2)C1. The molecule has 2 rings (SSSR count). The first kappa shape index (κ1) is 16.3. The van der Waals surface area contributed by atoms with Gasteiger partial charge in [-0.1, -0.05) is 19.9 Å². The number of rotatable bonds is 4. The largest absolute Gasteiger partial charge is 0.393 e. The number of carbonyl (C=O) groups is 1. The number of likely N-dealkylation sites (tertiary alicyclic amines) is 1. The Balaban J connectivity index is 1.87. The third-order valence-corrected chi connectivity index (χ3v) is 5.53. The van der Waals surface area contributed by atoms with Crippen LogP contribution in [-0.4, -0.2) is 41.8 Å². The summed E-state index contributed by atoms with van der Waals surface area (Å²) in [5.41, 5.74) is -0.0523. The Morgan fingerprint density at radius 1 is 1.62 bits per heavy atom. The molecule has 21 heavy (non-hydrogen) atoms. The molecule has 118 valence electrons. The minimum absolute atomic E-state index is 0.00928. The van der Waals surface area contributed by atoms with E-state index < -0.39 is 0 Å². The van der Waals surface area contributed by atoms with Crippen molar-refractivity contribution in [2.45, 2.75) is 45.1 Å². The number of carbonyl (C=O) groups excluding carboxylic acids is 1. The van der Waals surface area contributed by atoms with Crippen LogP contribution >= 0.6 is 11.3 Å². The third kappa shape index (κ3) is 4.20. The number of aliphatic hydroxyl groups is 1. The molecule has 1 aliphatic rings. The van der Waals surface area contributed by atoms with Crippen LogP contribution in [-0.2, 0) is 5.41 Å². The summed E-state index contributed by atoms with van der Waals surface area (Å²) in [6.45, 7) is 8.17. The average Bonchev–Trinajstić information content (AvgIpc) is 3.00. The maximum Gasteiger partial charge on any atom is 0.317 e. The minimum Gasteiger partial charge on any atom is -0.393 e. The number of thiophene rings is 1. The quantitative estimate of drug-likeness (QED) is 0.898. The lowest BCUT2D eigenvalue weighted by Gasteiger charge is -2.35. The van der Waals surface area contributed by atoms with Crippen LogP contribution in [0.15, 0.2) is 17.5 Å². The molecule has 0 saturated carbocycles. The molecule has 0 spiro atoms. The number of urea groups is 1. The fourth-order valence-corrected chi connectivity index (χ4v) is 3.60. The minimum atomic E-state index is -0.344. The molecule has 0 radical (unpaired) electrons. The van der Waals surface area contributed by atoms with E-state index in [2.05, 4.69) is 30.6 Å². The number of aliphatic hydroxyl groups excluding tert-OH is 1. The van der Waals surface area contributed by atoms with E-state index in [1.54, 1.807) is 11.3 Å². The van der Waals surface area contributed by atoms with Gasteiger partial charge >= 0.3 is 6.03 Å². The summed E-state index contributed by atoms with van der Waals surface area (Å²) in [5.74, 6) is 0.204. The van der Waals surface area contributed by atoms with Crippen LogP contribution in [0, 0.1) is 5.92 Å². The van der Waals surface area contributed by atoms with Crippen LogP contribution in [0.5, 0.6) is 0 Å². The van der Waals surface area contributed by atoms with Gasteiger partial charge in [-0.25, -0.2) is 4.79 Å². The topological polar surface area (TPSA) is 52.6 Å². The van der Waals surface area contributed by atoms with Gasteiger partial charge in [0.2, 0.25) is 0 Å². The number of nitrogens with zero attached hydrogens (tertiary/aromatic N) is 1. The number of amides is 2. The van der Waals surface area contributed by atoms with Crippen molar-refractivity contribution in [2.75, 3.05) is 19.6 Å². The highest BCUT2D eigenvalue weighted by Crippen LogP contribution is 2.27. The molecular weight excluding hydrogens is 284 g/mol. The first-order valence-corrected chi connectivity index (χ1v) is 8.53. The normalized spacial score (nSPS) is 21.1. The second-order valence-corrected chi connectivity index (χ2v) is 7.56. The van der Waals surface area contributed by atoms with Crippen LogP contribution in [0.3, 0.4) is 0 Å². The van der Waals surface area contributed by atoms with E-state index >= 15 is 0 Å². The van der Waals surface area contributed by atoms with Gasteiger partial charge in [-0.05, 0) is 31.2 Å². The third-order valence-electron chi connectivity index (χ3n) is 4.30. The second-order valence-electron chi connectivity index (χ2n) is 6.61. The van der Waals surface area contributed by atoms with Gasteiger partial charge in [0.15, 0.2) is 0 Å². The van der Waals surface area contributed by atoms with Crippen LogP contribution in [0.2, 0.25) is 0 Å². The summed E-state index contributed by atoms with van der Waals surface area (Å²) in [6, 6.07) is 4.15. The summed E-state index contributed by atoms with van der Waals surface area (Å²) in [6.07, 6.45) is 1.63. The standard InChI is InChI=1S/C16H26N2O2S/c1-12(19)13-6-4-8-18(10-13)15(20)17-11-16(2,3)14-7-5-9-21-14/h5,7,9,12-13,19H,4,6,8,10-11H2,1-3H3,(H,17,20). The molecule has 0 aliphatic carbocycles. The molecule has 2 heterocycles. The molecule has 1 aromatic rings. The zero-order chi connectivity index (χ0) is 15.5. The highest BCUT2D eigenvalue weighted by molar-refractivity contribution is 7.10. The van der Waals surface area contributed by atoms with E-state index in [4.69, 9.17) is 0 Å². The molecular formula is C16H26N2O2S. The molecule has 1 saturated heterocycles. The Bertz CT molecular complexity index is 457. The maximum atomic E-state index is 12.3. The van der Waals surface area contributed by atoms with Crippen molar-refractivity contribution < 1.29 is 9.90 Å². The predicted octanol–water partition coefficient (Wildman–Crippen LogP) is 2.83. The Hall–Kier alpha value is -1.07. The van der Waals surface area contributed by atoms with Gasteiger partial charge in [-0.2, -0.15) is 0 Å². The molecule has 1 aromatic heterocycles. The van der Waals surface area contributed by atoms with Gasteiger partial charge in [-0.15, -0.1) is 11.3 Å². The second kappa shape index (κ2) is 6.79. The van der Waals surface area contributed by atoms with Crippen molar-refractivity contribution >= 4 is 17.4 Å². The zero-order valence-electron chi connectivity index (χ0n) is 13.1. The summed E-state index contributed by atoms with van der Waals surface area (Å²) in [4.78, 5) is 15.4. The highest BCUT2D eigenvalue weighted by atomic mass is 32.1. The molecule has 1 fully saturated rings. The van der Waals surface area contributed by atoms with Crippen molar-refractivity contribution in [2.24, 2.45) is 5.92 Å². The Morgan fingerprint density at radius 3 is 3.00 bits per heavy atom. The molecule has 0 aromatic carbocycles. The molecule has 1 aliphatic heterocycles. The molecule has 4 nitrogen and oxygen atoms in total. The van der Waals surface area contributed by atoms with E-state index in [1.807, 2.05) is 17.9 Å². The van der Waals surface area contributed by atoms with Crippen molar-refractivity contribution in [3.8, 4) is 0 Å². The first-order chi connectivity index (χ1) is 9.90. The first-order valence-electron chi connectivity index (χ1n) is 7.65. The van der Waals surface area contributed by atoms with E-state index in [-0.39, 0.29) is 23.5 Å². The smallest absolute Gasteiger partial charge is 0.317 e. The van der Waals surface area contributed by atoms with Crippen LogP contribution in [0.1, 0.15) is 38.5 Å². The Kier molecular flexibility index (Phi) is 5.27. The van der Waals surface area contributed by atoms with Crippen LogP contribution < -0.4 is 5.32 Å². The Morgan fingerprint density at radius 2 is 2.38 bits per heavy atom. The van der Waals surface area contributed by atoms with Crippen molar-refractivity contribution in [1.82, 2.24) is 10.2 Å². The van der Waals surface area contributed by atoms with Gasteiger partial charge in [0, 0.05) is 35.8 Å². The van der Waals surface area contributed by atoms with Crippen molar-refractivity contribution in [3.63, 3.8) is 0 Å². The Labute approximate surface area is 131 Å². The van der Waals surface area contributed by atoms with Gasteiger partial charge in [0.1, 0.15) is 0 Å². The van der Waals surface area contributed by atoms with Gasteiger partial charge < -0.3 is 15.3 Å². The maximum absolute atomic E-state index is 12.3. The molecule has 0 bridgehead atoms. The number of piperidine rings is 1. The summed E-state index contributed by atoms with van der Waals surface area (Å²) in [7, 11) is 0. The molecule has 2 atom stereocenters. The van der Waals surface area contributed by atoms with E-state index in [1.165, 1.54) is 4.88 Å². The number of hydrogen-bond donors (Lipinski definition) is 2. The fourth-order valence-electron chi connectivity index (χ4n) is 2.75. The lowest BCUT2D eigenvalue weighted by molar-refractivity contribution is 0.0737. The van der Waals surface area contributed by atoms with Crippen LogP contribution in [0.25, 0.3) is 0 Å². The lowest BCUT2D eigenvalue weighted by Crippen LogP contribution is -2.49. The van der Waals surface area contributed by atoms with Crippen molar-refractivity contribution in [3.05, 3.63) is 22.4 Å². The fraction of sp³-hybridized carbons (Fsp3) is 0.688. The molecule has 2 unspecified atom stereocenters. The summed E-state index contributed by atoms with van der Waals surface area (Å²) in [5, 5.41) is 14.8. The molecule has 2 amide bonds. The van der Waals surface area contributed by atoms with E-state index in [9.17, 15) is 9.90 Å². The molecule has 2 N–H and O–H groups in total. The van der Waals surface area contributed by atoms with Gasteiger partial charge in [-0.3, -0.25) is 0 Å². The number of hydrogen-bond acceptors (Lipinski definition) is 3. The van der Waals surface area contributed by atoms with Crippen LogP contribution in [0.4, 0.5) is 4.79 Å². The highest BCUT2D eigenvalue weighted by Gasteiger charge is 2.28. The number of nitrogens with one attached hydrogen (secondary N) is 1. The van der Waals surface area contributed by atoms with E-state index in [0.29, 0.717) is 13.1 Å². The monoisotopic (exact) mass is 310 g/mol. The average molecular weight is 310 g/mol. The zero-order valence-corrected chi connectivity index (χ0v) is 13.9. The molecule has 5 heteroatoms. The van der Waals surface area contributed by atoms with Gasteiger partial charge in [0.05, 0.1) is 6.10 Å². The van der Waals surface area contributed by atoms with Gasteiger partial charge in [0.25, 0.3) is 0 Å². The summed E-state index contributed by atoms with van der Waals surface area (Å²) >= 11 is 1.72. The lowest BCUT2D eigenvalue weighted by atomic mass is 9.91. The predicted molar refractivity (Wildman–Crippen MR) is 86.7 cm³/mol. The van der Waals surface area contributed by atoms with E-state index in [0.717, 1.165) is 19.4 Å².